The summed E-state index contributed by atoms with van der Waals surface area (Å²) >= 11 is 2.26. The molecule has 0 aliphatic rings. The Labute approximate surface area is 57.5 Å². The van der Waals surface area contributed by atoms with E-state index >= 15 is 0 Å². The van der Waals surface area contributed by atoms with E-state index in [0.29, 0.717) is 4.05 Å². The summed E-state index contributed by atoms with van der Waals surface area (Å²) in [6, 6.07) is 0. The Hall–Kier alpha value is 0.200. The molecule has 1 atom stereocenters. The summed E-state index contributed by atoms with van der Waals surface area (Å²) in [5.74, 6) is 0. The van der Waals surface area contributed by atoms with Gasteiger partial charge in [0, 0.05) is 7.05 Å². The first-order chi connectivity index (χ1) is 3.27. The Morgan fingerprint density at radius 3 is 2.57 bits per heavy atom. The highest BCUT2D eigenvalue weighted by molar-refractivity contribution is 14.1. The minimum Gasteiger partial charge on any atom is -0.365 e. The molecule has 0 saturated carbocycles. The summed E-state index contributed by atoms with van der Waals surface area (Å²) in [7, 11) is 1.74. The van der Waals surface area contributed by atoms with Crippen LogP contribution in [-0.2, 0) is 0 Å². The topological polar surface area (TPSA) is 24.4 Å². The van der Waals surface area contributed by atoms with Crippen LogP contribution < -0.4 is 5.32 Å². The molecule has 1 unspecified atom stereocenters. The quantitative estimate of drug-likeness (QED) is 0.238. The van der Waals surface area contributed by atoms with Crippen LogP contribution in [0.3, 0.4) is 0 Å². The zero-order valence-electron chi connectivity index (χ0n) is 4.48. The van der Waals surface area contributed by atoms with Crippen molar-refractivity contribution in [1.82, 2.24) is 5.32 Å². The number of hydrogen-bond acceptors (Lipinski definition) is 1. The molecule has 0 saturated heterocycles. The van der Waals surface area contributed by atoms with Gasteiger partial charge in [0.05, 0.1) is 10.4 Å². The zero-order chi connectivity index (χ0) is 5.70. The lowest BCUT2D eigenvalue weighted by molar-refractivity contribution is 0.949. The first-order valence-electron chi connectivity index (χ1n) is 2.08. The Morgan fingerprint density at radius 2 is 2.43 bits per heavy atom. The number of nitrogens with zero attached hydrogens (tertiary/aromatic N) is 1. The molecule has 0 amide bonds. The van der Waals surface area contributed by atoms with E-state index in [4.69, 9.17) is 0 Å². The van der Waals surface area contributed by atoms with Crippen LogP contribution in [0, 0.1) is 0 Å². The highest BCUT2D eigenvalue weighted by atomic mass is 127. The lowest BCUT2D eigenvalue weighted by atomic mass is 10.8. The molecule has 0 spiro atoms. The van der Waals surface area contributed by atoms with Gasteiger partial charge in [0.1, 0.15) is 0 Å². The first-order valence-corrected chi connectivity index (χ1v) is 3.32. The van der Waals surface area contributed by atoms with Crippen LogP contribution in [0.15, 0.2) is 4.99 Å². The molecule has 0 aromatic rings. The molecule has 0 aromatic heterocycles. The SMILES string of the molecule is CN=CNC(C)I. The molecule has 0 radical (unpaired) electrons. The predicted octanol–water partition coefficient (Wildman–Crippen LogP) is 1.02. The molecule has 1 N–H and O–H groups in total. The summed E-state index contributed by atoms with van der Waals surface area (Å²) in [5.41, 5.74) is 0. The van der Waals surface area contributed by atoms with Crippen LogP contribution in [0.2, 0.25) is 0 Å². The van der Waals surface area contributed by atoms with Crippen molar-refractivity contribution in [2.45, 2.75) is 11.0 Å². The largest absolute Gasteiger partial charge is 0.365 e. The molecule has 0 bridgehead atoms. The molecule has 42 valence electrons. The van der Waals surface area contributed by atoms with E-state index in [0.717, 1.165) is 0 Å². The third-order valence-electron chi connectivity index (χ3n) is 0.433. The predicted molar refractivity (Wildman–Crippen MR) is 41.0 cm³/mol. The molecule has 2 nitrogen and oxygen atoms in total. The van der Waals surface area contributed by atoms with Crippen LogP contribution in [0.1, 0.15) is 6.92 Å². The highest BCUT2D eigenvalue weighted by Crippen LogP contribution is 1.88. The number of halogens is 1. The fourth-order valence-corrected chi connectivity index (χ4v) is 0.338. The maximum Gasteiger partial charge on any atom is 0.0828 e. The minimum absolute atomic E-state index is 0.473. The fourth-order valence-electron chi connectivity index (χ4n) is 0.177. The summed E-state index contributed by atoms with van der Waals surface area (Å²) < 4.78 is 0.473. The van der Waals surface area contributed by atoms with Crippen LogP contribution in [0.4, 0.5) is 0 Å². The second-order valence-corrected chi connectivity index (χ2v) is 3.04. The third kappa shape index (κ3) is 6.20. The normalized spacial score (nSPS) is 14.7. The Kier molecular flexibility index (Phi) is 4.49. The van der Waals surface area contributed by atoms with Gasteiger partial charge in [-0.3, -0.25) is 4.99 Å². The van der Waals surface area contributed by atoms with Gasteiger partial charge in [0.15, 0.2) is 0 Å². The molecule has 0 heterocycles. The minimum atomic E-state index is 0.473. The smallest absolute Gasteiger partial charge is 0.0828 e. The number of nitrogens with one attached hydrogen (secondary N) is 1. The van der Waals surface area contributed by atoms with E-state index in [1.807, 2.05) is 0 Å². The zero-order valence-corrected chi connectivity index (χ0v) is 6.64. The lowest BCUT2D eigenvalue weighted by Crippen LogP contribution is -2.16. The summed E-state index contributed by atoms with van der Waals surface area (Å²) in [4.78, 5) is 3.73. The van der Waals surface area contributed by atoms with Gasteiger partial charge in [0.25, 0.3) is 0 Å². The van der Waals surface area contributed by atoms with Gasteiger partial charge >= 0.3 is 0 Å². The average Bonchev–Trinajstić information content (AvgIpc) is 1.61. The Bertz CT molecular complexity index is 60.7. The number of hydrogen-bond donors (Lipinski definition) is 1. The lowest BCUT2D eigenvalue weighted by Gasteiger charge is -1.97. The maximum atomic E-state index is 3.73. The van der Waals surface area contributed by atoms with Crippen molar-refractivity contribution in [2.75, 3.05) is 7.05 Å². The Morgan fingerprint density at radius 1 is 1.86 bits per heavy atom. The molecular formula is C4H9IN2. The van der Waals surface area contributed by atoms with Crippen LogP contribution >= 0.6 is 22.6 Å². The van der Waals surface area contributed by atoms with Crippen LogP contribution in [0.5, 0.6) is 0 Å². The summed E-state index contributed by atoms with van der Waals surface area (Å²) in [5, 5.41) is 2.99. The van der Waals surface area contributed by atoms with Gasteiger partial charge in [-0.15, -0.1) is 0 Å². The van der Waals surface area contributed by atoms with Crippen molar-refractivity contribution in [1.29, 1.82) is 0 Å². The van der Waals surface area contributed by atoms with Crippen LogP contribution in [-0.4, -0.2) is 17.4 Å². The van der Waals surface area contributed by atoms with Gasteiger partial charge in [-0.1, -0.05) is 22.6 Å². The van der Waals surface area contributed by atoms with Gasteiger partial charge in [0.2, 0.25) is 0 Å². The molecular weight excluding hydrogens is 203 g/mol. The molecule has 0 aliphatic carbocycles. The standard InChI is InChI=1S/C4H9IN2/c1-4(5)7-3-6-2/h3-4H,1-2H3,(H,6,7). The monoisotopic (exact) mass is 212 g/mol. The van der Waals surface area contributed by atoms with E-state index in [2.05, 4.69) is 39.8 Å². The van der Waals surface area contributed by atoms with Gasteiger partial charge < -0.3 is 5.32 Å². The van der Waals surface area contributed by atoms with Crippen molar-refractivity contribution in [3.63, 3.8) is 0 Å². The van der Waals surface area contributed by atoms with Crippen molar-refractivity contribution >= 4 is 28.9 Å². The number of aliphatic imine (C=N–C) groups is 1. The van der Waals surface area contributed by atoms with E-state index < -0.39 is 0 Å². The van der Waals surface area contributed by atoms with Crippen molar-refractivity contribution < 1.29 is 0 Å². The van der Waals surface area contributed by atoms with Crippen molar-refractivity contribution in [2.24, 2.45) is 4.99 Å². The first kappa shape index (κ1) is 7.20. The molecule has 3 heteroatoms. The van der Waals surface area contributed by atoms with Gasteiger partial charge in [-0.05, 0) is 6.92 Å². The summed E-state index contributed by atoms with van der Waals surface area (Å²) in [6.45, 7) is 2.06. The fraction of sp³-hybridized carbons (Fsp3) is 0.750. The van der Waals surface area contributed by atoms with Gasteiger partial charge in [-0.2, -0.15) is 0 Å². The van der Waals surface area contributed by atoms with Gasteiger partial charge in [-0.25, -0.2) is 0 Å². The van der Waals surface area contributed by atoms with Crippen molar-refractivity contribution in [3.8, 4) is 0 Å². The average molecular weight is 212 g/mol. The second-order valence-electron chi connectivity index (χ2n) is 1.17. The van der Waals surface area contributed by atoms with E-state index in [1.54, 1.807) is 13.4 Å². The van der Waals surface area contributed by atoms with E-state index in [1.165, 1.54) is 0 Å². The number of rotatable bonds is 2. The van der Waals surface area contributed by atoms with Crippen molar-refractivity contribution in [3.05, 3.63) is 0 Å². The molecule has 0 rings (SSSR count). The van der Waals surface area contributed by atoms with E-state index in [-0.39, 0.29) is 0 Å². The van der Waals surface area contributed by atoms with Crippen LogP contribution in [0.25, 0.3) is 0 Å². The number of alkyl halides is 1. The molecule has 0 aromatic carbocycles. The second kappa shape index (κ2) is 4.36. The third-order valence-corrected chi connectivity index (χ3v) is 0.793. The highest BCUT2D eigenvalue weighted by Gasteiger charge is 1.82. The summed E-state index contributed by atoms with van der Waals surface area (Å²) in [6.07, 6.45) is 1.69. The Balaban J connectivity index is 2.97. The van der Waals surface area contributed by atoms with E-state index in [9.17, 15) is 0 Å². The maximum absolute atomic E-state index is 3.73. The molecule has 7 heavy (non-hydrogen) atoms. The molecule has 0 aliphatic heterocycles. The molecule has 0 fully saturated rings.